The Morgan fingerprint density at radius 2 is 1.92 bits per heavy atom. The molecule has 1 aliphatic heterocycles. The van der Waals surface area contributed by atoms with E-state index in [1.807, 2.05) is 0 Å². The average Bonchev–Trinajstić information content (AvgIpc) is 2.95. The van der Waals surface area contributed by atoms with E-state index in [9.17, 15) is 0 Å². The molecule has 0 bridgehead atoms. The normalized spacial score (nSPS) is 17.4. The Morgan fingerprint density at radius 1 is 1.12 bits per heavy atom. The maximum absolute atomic E-state index is 5.49. The zero-order valence-corrected chi connectivity index (χ0v) is 16.0. The first-order valence-electron chi connectivity index (χ1n) is 9.59. The van der Waals surface area contributed by atoms with E-state index in [2.05, 4.69) is 72.0 Å². The van der Waals surface area contributed by atoms with Crippen LogP contribution in [0.25, 0.3) is 10.9 Å². The fourth-order valence-electron chi connectivity index (χ4n) is 4.18. The summed E-state index contributed by atoms with van der Waals surface area (Å²) in [4.78, 5) is 2.45. The third-order valence-electron chi connectivity index (χ3n) is 5.83. The Kier molecular flexibility index (Phi) is 4.73. The van der Waals surface area contributed by atoms with E-state index < -0.39 is 0 Å². The van der Waals surface area contributed by atoms with Gasteiger partial charge in [-0.25, -0.2) is 0 Å². The predicted molar refractivity (Wildman–Crippen MR) is 108 cm³/mol. The minimum absolute atomic E-state index is 0.585. The van der Waals surface area contributed by atoms with Crippen LogP contribution >= 0.6 is 0 Å². The Balaban J connectivity index is 1.68. The number of aromatic nitrogens is 1. The van der Waals surface area contributed by atoms with Crippen LogP contribution in [0.4, 0.5) is 0 Å². The van der Waals surface area contributed by atoms with Crippen LogP contribution in [0.15, 0.2) is 48.5 Å². The molecule has 0 saturated carbocycles. The molecule has 2 heterocycles. The molecule has 0 fully saturated rings. The van der Waals surface area contributed by atoms with Crippen LogP contribution in [0, 0.1) is 0 Å². The predicted octanol–water partition coefficient (Wildman–Crippen LogP) is 4.66. The van der Waals surface area contributed by atoms with Gasteiger partial charge in [-0.05, 0) is 56.1 Å². The fourth-order valence-corrected chi connectivity index (χ4v) is 4.18. The molecule has 1 aromatic heterocycles. The number of methoxy groups -OCH3 is 1. The quantitative estimate of drug-likeness (QED) is 0.667. The summed E-state index contributed by atoms with van der Waals surface area (Å²) >= 11 is 0. The molecule has 3 nitrogen and oxygen atoms in total. The highest BCUT2D eigenvalue weighted by molar-refractivity contribution is 5.87. The molecule has 4 rings (SSSR count). The van der Waals surface area contributed by atoms with Crippen molar-refractivity contribution in [3.05, 3.63) is 65.4 Å². The SMILES string of the molecule is COc1ccc2c(c1)c1c(n2CCCc2ccccc2)CC(C)N(C)C1. The summed E-state index contributed by atoms with van der Waals surface area (Å²) in [6.07, 6.45) is 3.41. The molecule has 1 unspecified atom stereocenters. The highest BCUT2D eigenvalue weighted by Gasteiger charge is 2.26. The minimum Gasteiger partial charge on any atom is -0.497 e. The van der Waals surface area contributed by atoms with Gasteiger partial charge in [-0.1, -0.05) is 30.3 Å². The van der Waals surface area contributed by atoms with Gasteiger partial charge >= 0.3 is 0 Å². The number of hydrogen-bond acceptors (Lipinski definition) is 2. The van der Waals surface area contributed by atoms with E-state index >= 15 is 0 Å². The highest BCUT2D eigenvalue weighted by atomic mass is 16.5. The van der Waals surface area contributed by atoms with Gasteiger partial charge in [0, 0.05) is 42.1 Å². The molecule has 26 heavy (non-hydrogen) atoms. The molecule has 1 atom stereocenters. The number of hydrogen-bond donors (Lipinski definition) is 0. The lowest BCUT2D eigenvalue weighted by molar-refractivity contribution is 0.228. The van der Waals surface area contributed by atoms with Crippen LogP contribution in [0.2, 0.25) is 0 Å². The Hall–Kier alpha value is -2.26. The molecule has 1 aliphatic rings. The van der Waals surface area contributed by atoms with Crippen LogP contribution in [0.3, 0.4) is 0 Å². The second-order valence-corrected chi connectivity index (χ2v) is 7.52. The number of likely N-dealkylation sites (N-methyl/N-ethyl adjacent to an activating group) is 1. The fraction of sp³-hybridized carbons (Fsp3) is 0.391. The van der Waals surface area contributed by atoms with Crippen LogP contribution in [0.5, 0.6) is 5.75 Å². The highest BCUT2D eigenvalue weighted by Crippen LogP contribution is 2.34. The molecule has 0 saturated heterocycles. The van der Waals surface area contributed by atoms with Crippen molar-refractivity contribution in [3.63, 3.8) is 0 Å². The van der Waals surface area contributed by atoms with Gasteiger partial charge in [0.25, 0.3) is 0 Å². The molecule has 0 spiro atoms. The van der Waals surface area contributed by atoms with Crippen molar-refractivity contribution >= 4 is 10.9 Å². The molecule has 136 valence electrons. The molecule has 2 aromatic carbocycles. The lowest BCUT2D eigenvalue weighted by Crippen LogP contribution is -2.35. The van der Waals surface area contributed by atoms with Gasteiger partial charge in [0.1, 0.15) is 5.75 Å². The zero-order chi connectivity index (χ0) is 18.1. The van der Waals surface area contributed by atoms with Gasteiger partial charge < -0.3 is 9.30 Å². The first-order chi connectivity index (χ1) is 12.7. The van der Waals surface area contributed by atoms with Crippen molar-refractivity contribution in [1.82, 2.24) is 9.47 Å². The summed E-state index contributed by atoms with van der Waals surface area (Å²) in [6.45, 7) is 4.42. The van der Waals surface area contributed by atoms with Gasteiger partial charge in [0.05, 0.1) is 7.11 Å². The number of nitrogens with zero attached hydrogens (tertiary/aromatic N) is 2. The Labute approximate surface area is 156 Å². The lowest BCUT2D eigenvalue weighted by atomic mass is 10.00. The molecule has 0 aliphatic carbocycles. The Bertz CT molecular complexity index is 897. The smallest absolute Gasteiger partial charge is 0.119 e. The Morgan fingerprint density at radius 3 is 2.69 bits per heavy atom. The first-order valence-corrected chi connectivity index (χ1v) is 9.59. The zero-order valence-electron chi connectivity index (χ0n) is 16.0. The van der Waals surface area contributed by atoms with Crippen molar-refractivity contribution in [2.24, 2.45) is 0 Å². The van der Waals surface area contributed by atoms with Crippen molar-refractivity contribution in [2.75, 3.05) is 14.2 Å². The second-order valence-electron chi connectivity index (χ2n) is 7.52. The van der Waals surface area contributed by atoms with Crippen molar-refractivity contribution < 1.29 is 4.74 Å². The summed E-state index contributed by atoms with van der Waals surface area (Å²) in [5.74, 6) is 0.947. The van der Waals surface area contributed by atoms with Gasteiger partial charge in [0.15, 0.2) is 0 Å². The van der Waals surface area contributed by atoms with E-state index in [4.69, 9.17) is 4.74 Å². The maximum atomic E-state index is 5.49. The number of benzene rings is 2. The van der Waals surface area contributed by atoms with Crippen molar-refractivity contribution in [2.45, 2.75) is 45.3 Å². The number of ether oxygens (including phenoxy) is 1. The molecule has 0 N–H and O–H groups in total. The van der Waals surface area contributed by atoms with Gasteiger partial charge in [-0.2, -0.15) is 0 Å². The summed E-state index contributed by atoms with van der Waals surface area (Å²) in [5, 5.41) is 1.36. The molecule has 0 radical (unpaired) electrons. The lowest BCUT2D eigenvalue weighted by Gasteiger charge is -2.31. The molecular formula is C23H28N2O. The van der Waals surface area contributed by atoms with Gasteiger partial charge in [-0.15, -0.1) is 0 Å². The van der Waals surface area contributed by atoms with Crippen LogP contribution in [-0.4, -0.2) is 29.7 Å². The summed E-state index contributed by atoms with van der Waals surface area (Å²) in [5.41, 5.74) is 5.78. The van der Waals surface area contributed by atoms with E-state index in [0.717, 1.165) is 38.1 Å². The average molecular weight is 348 g/mol. The number of aryl methyl sites for hydroxylation is 2. The summed E-state index contributed by atoms with van der Waals surface area (Å²) in [6, 6.07) is 17.9. The first kappa shape index (κ1) is 17.2. The van der Waals surface area contributed by atoms with Crippen molar-refractivity contribution in [3.8, 4) is 5.75 Å². The van der Waals surface area contributed by atoms with E-state index in [1.54, 1.807) is 7.11 Å². The summed E-state index contributed by atoms with van der Waals surface area (Å²) < 4.78 is 8.05. The van der Waals surface area contributed by atoms with Crippen LogP contribution in [-0.2, 0) is 25.9 Å². The molecule has 0 amide bonds. The molecular weight excluding hydrogens is 320 g/mol. The molecule has 3 aromatic rings. The second kappa shape index (κ2) is 7.16. The largest absolute Gasteiger partial charge is 0.497 e. The third kappa shape index (κ3) is 3.12. The van der Waals surface area contributed by atoms with Crippen LogP contribution in [0.1, 0.15) is 30.2 Å². The minimum atomic E-state index is 0.585. The number of rotatable bonds is 5. The number of fused-ring (bicyclic) bond motifs is 3. The van der Waals surface area contributed by atoms with E-state index in [1.165, 1.54) is 27.7 Å². The topological polar surface area (TPSA) is 17.4 Å². The monoisotopic (exact) mass is 348 g/mol. The summed E-state index contributed by atoms with van der Waals surface area (Å²) in [7, 11) is 3.98. The maximum Gasteiger partial charge on any atom is 0.119 e. The van der Waals surface area contributed by atoms with Crippen molar-refractivity contribution in [1.29, 1.82) is 0 Å². The van der Waals surface area contributed by atoms with Gasteiger partial charge in [-0.3, -0.25) is 4.90 Å². The van der Waals surface area contributed by atoms with E-state index in [-0.39, 0.29) is 0 Å². The van der Waals surface area contributed by atoms with Gasteiger partial charge in [0.2, 0.25) is 0 Å². The van der Waals surface area contributed by atoms with E-state index in [0.29, 0.717) is 6.04 Å². The van der Waals surface area contributed by atoms with Crippen LogP contribution < -0.4 is 4.74 Å². The standard InChI is InChI=1S/C23H28N2O/c1-17-14-23-21(16-24(17)2)20-15-19(26-3)11-12-22(20)25(23)13-7-10-18-8-5-4-6-9-18/h4-6,8-9,11-12,15,17H,7,10,13-14,16H2,1-3H3. The molecule has 3 heteroatoms. The third-order valence-corrected chi connectivity index (χ3v) is 5.83.